The summed E-state index contributed by atoms with van der Waals surface area (Å²) in [4.78, 5) is 61.4. The number of hydrogen-bond donors (Lipinski definition) is 0. The van der Waals surface area contributed by atoms with Crippen molar-refractivity contribution in [3.05, 3.63) is 44.5 Å². The molecular weight excluding hydrogens is 798 g/mol. The van der Waals surface area contributed by atoms with E-state index in [0.29, 0.717) is 44.0 Å². The van der Waals surface area contributed by atoms with Gasteiger partial charge in [-0.3, -0.25) is 28.5 Å². The van der Waals surface area contributed by atoms with Gasteiger partial charge in [0.05, 0.1) is 26.0 Å². The first-order valence-corrected chi connectivity index (χ1v) is 18.3. The van der Waals surface area contributed by atoms with Crippen LogP contribution in [0.3, 0.4) is 0 Å². The second kappa shape index (κ2) is 16.3. The maximum absolute atomic E-state index is 12.9. The average Bonchev–Trinajstić information content (AvgIpc) is 3.53. The normalized spacial score (nSPS) is 26.5. The second-order valence-electron chi connectivity index (χ2n) is 12.9. The number of carbonyl (C=O) groups is 5. The number of esters is 4. The van der Waals surface area contributed by atoms with Crippen LogP contribution < -0.4 is 9.47 Å². The molecule has 2 heterocycles. The van der Waals surface area contributed by atoms with Gasteiger partial charge in [0, 0.05) is 40.5 Å². The summed E-state index contributed by atoms with van der Waals surface area (Å²) >= 11 is 7.32. The van der Waals surface area contributed by atoms with Gasteiger partial charge in [-0.25, -0.2) is 0 Å². The van der Waals surface area contributed by atoms with Gasteiger partial charge in [0.2, 0.25) is 18.3 Å². The highest BCUT2D eigenvalue weighted by Crippen LogP contribution is 2.49. The molecule has 5 rings (SSSR count). The molecule has 2 aliphatic carbocycles. The molecule has 1 saturated heterocycles. The Morgan fingerprint density at radius 2 is 1.57 bits per heavy atom. The van der Waals surface area contributed by atoms with Crippen molar-refractivity contribution >= 4 is 72.5 Å². The van der Waals surface area contributed by atoms with Crippen LogP contribution in [0.25, 0.3) is 10.9 Å². The molecule has 0 radical (unpaired) electrons. The van der Waals surface area contributed by atoms with Gasteiger partial charge >= 0.3 is 23.9 Å². The molecule has 1 aromatic carbocycles. The zero-order valence-corrected chi connectivity index (χ0v) is 32.4. The highest BCUT2D eigenvalue weighted by molar-refractivity contribution is 9.11. The first-order chi connectivity index (χ1) is 24.2. The van der Waals surface area contributed by atoms with E-state index in [-0.39, 0.29) is 11.7 Å². The van der Waals surface area contributed by atoms with Crippen molar-refractivity contribution in [2.24, 2.45) is 11.8 Å². The van der Waals surface area contributed by atoms with E-state index in [1.807, 2.05) is 0 Å². The lowest BCUT2D eigenvalue weighted by molar-refractivity contribution is -0.288. The Balaban J connectivity index is 1.52. The van der Waals surface area contributed by atoms with Gasteiger partial charge in [0.15, 0.2) is 12.2 Å². The van der Waals surface area contributed by atoms with Crippen molar-refractivity contribution in [3.63, 3.8) is 0 Å². The topological polar surface area (TPSA) is 155 Å². The minimum Gasteiger partial charge on any atom is -0.487 e. The van der Waals surface area contributed by atoms with E-state index < -0.39 is 61.2 Å². The van der Waals surface area contributed by atoms with Gasteiger partial charge in [-0.1, -0.05) is 24.6 Å². The maximum Gasteiger partial charge on any atom is 0.303 e. The minimum atomic E-state index is -1.51. The van der Waals surface area contributed by atoms with E-state index in [2.05, 4.69) is 50.9 Å². The predicted molar refractivity (Wildman–Crippen MR) is 189 cm³/mol. The third-order valence-electron chi connectivity index (χ3n) is 8.94. The first-order valence-electron chi connectivity index (χ1n) is 16.7. The Morgan fingerprint density at radius 1 is 0.902 bits per heavy atom. The fourth-order valence-electron chi connectivity index (χ4n) is 6.63. The van der Waals surface area contributed by atoms with Gasteiger partial charge in [-0.05, 0) is 75.1 Å². The van der Waals surface area contributed by atoms with Gasteiger partial charge < -0.3 is 33.2 Å². The van der Waals surface area contributed by atoms with E-state index in [1.165, 1.54) is 35.8 Å². The molecule has 1 aromatic heterocycles. The van der Waals surface area contributed by atoms with Crippen LogP contribution >= 0.6 is 31.9 Å². The highest BCUT2D eigenvalue weighted by atomic mass is 79.9. The van der Waals surface area contributed by atoms with Crippen molar-refractivity contribution in [2.75, 3.05) is 13.2 Å². The first kappa shape index (κ1) is 38.5. The molecule has 1 unspecified atom stereocenters. The summed E-state index contributed by atoms with van der Waals surface area (Å²) in [5.74, 6) is -1.72. The lowest BCUT2D eigenvalue weighted by atomic mass is 9.98. The monoisotopic (exact) mass is 837 g/mol. The Hall–Kier alpha value is -3.69. The second-order valence-corrected chi connectivity index (χ2v) is 14.5. The molecule has 3 aliphatic rings. The molecule has 0 N–H and O–H groups in total. The summed E-state index contributed by atoms with van der Waals surface area (Å²) in [5, 5.41) is 0.436. The molecule has 2 aromatic rings. The Kier molecular flexibility index (Phi) is 12.3. The van der Waals surface area contributed by atoms with E-state index in [1.54, 1.807) is 6.07 Å². The molecule has 15 heteroatoms. The molecule has 1 fully saturated rings. The molecule has 0 saturated carbocycles. The van der Waals surface area contributed by atoms with E-state index in [0.717, 1.165) is 46.5 Å². The van der Waals surface area contributed by atoms with E-state index in [9.17, 15) is 24.0 Å². The molecule has 276 valence electrons. The van der Waals surface area contributed by atoms with Crippen molar-refractivity contribution in [3.8, 4) is 11.5 Å². The van der Waals surface area contributed by atoms with Gasteiger partial charge in [-0.15, -0.1) is 0 Å². The number of ether oxygens (including phenoxy) is 7. The number of hydrogen-bond acceptors (Lipinski definition) is 12. The summed E-state index contributed by atoms with van der Waals surface area (Å²) in [6, 6.07) is 1.74. The van der Waals surface area contributed by atoms with Crippen LogP contribution in [0.15, 0.2) is 44.5 Å². The summed E-state index contributed by atoms with van der Waals surface area (Å²) in [6.45, 7) is 8.18. The molecule has 7 atom stereocenters. The van der Waals surface area contributed by atoms with Crippen molar-refractivity contribution < 1.29 is 57.1 Å². The SMILES string of the molecule is CC(=O)OC[C@H]1O[C@@H](Oc2cn(C(C)=O)c3cc(Br)c(OCC4=C5CCC(C)/C=C\CC[C@H]54)c(Br)c23)[C@H](OC(C)=O)[C@@H](OC(C)=O)[C@@H]1OC(C)=O. The van der Waals surface area contributed by atoms with Gasteiger partial charge in [0.25, 0.3) is 0 Å². The molecule has 13 nitrogen and oxygen atoms in total. The van der Waals surface area contributed by atoms with Crippen LogP contribution in [0.2, 0.25) is 0 Å². The Bertz CT molecular complexity index is 1780. The summed E-state index contributed by atoms with van der Waals surface area (Å²) in [6.07, 6.45) is 3.21. The summed E-state index contributed by atoms with van der Waals surface area (Å²) in [5.41, 5.74) is 3.21. The number of aromatic nitrogens is 1. The number of rotatable bonds is 10. The maximum atomic E-state index is 12.9. The van der Waals surface area contributed by atoms with Crippen LogP contribution in [-0.2, 0) is 42.9 Å². The molecule has 0 bridgehead atoms. The quantitative estimate of drug-likeness (QED) is 0.149. The number of allylic oxidation sites excluding steroid dienone is 3. The fraction of sp³-hybridized carbons (Fsp3) is 0.528. The number of nitrogens with zero attached hydrogens (tertiary/aromatic N) is 1. The molecule has 1 aliphatic heterocycles. The lowest BCUT2D eigenvalue weighted by Crippen LogP contribution is -2.63. The van der Waals surface area contributed by atoms with Crippen LogP contribution in [-0.4, -0.2) is 78.3 Å². The number of halogens is 2. The van der Waals surface area contributed by atoms with Crippen molar-refractivity contribution in [1.29, 1.82) is 0 Å². The number of carbonyl (C=O) groups excluding carboxylic acids is 5. The molecule has 51 heavy (non-hydrogen) atoms. The largest absolute Gasteiger partial charge is 0.487 e. The molecular formula is C36H41Br2NO12. The van der Waals surface area contributed by atoms with Gasteiger partial charge in [-0.2, -0.15) is 0 Å². The number of benzene rings is 1. The Morgan fingerprint density at radius 3 is 2.22 bits per heavy atom. The average molecular weight is 840 g/mol. The molecule has 0 spiro atoms. The summed E-state index contributed by atoms with van der Waals surface area (Å²) < 4.78 is 43.2. The van der Waals surface area contributed by atoms with Crippen molar-refractivity contribution in [1.82, 2.24) is 4.57 Å². The fourth-order valence-corrected chi connectivity index (χ4v) is 8.15. The zero-order chi connectivity index (χ0) is 37.1. The number of fused-ring (bicyclic) bond motifs is 2. The summed E-state index contributed by atoms with van der Waals surface area (Å²) in [7, 11) is 0. The highest BCUT2D eigenvalue weighted by Gasteiger charge is 2.53. The minimum absolute atomic E-state index is 0.123. The van der Waals surface area contributed by atoms with Crippen LogP contribution in [0.4, 0.5) is 0 Å². The van der Waals surface area contributed by atoms with Crippen LogP contribution in [0, 0.1) is 11.8 Å². The zero-order valence-electron chi connectivity index (χ0n) is 29.2. The smallest absolute Gasteiger partial charge is 0.303 e. The van der Waals surface area contributed by atoms with Crippen molar-refractivity contribution in [2.45, 2.75) is 97.9 Å². The van der Waals surface area contributed by atoms with Gasteiger partial charge in [0.1, 0.15) is 30.8 Å². The predicted octanol–water partition coefficient (Wildman–Crippen LogP) is 6.36. The third-order valence-corrected chi connectivity index (χ3v) is 10.3. The third kappa shape index (κ3) is 9.04. The van der Waals surface area contributed by atoms with E-state index in [4.69, 9.17) is 33.2 Å². The Labute approximate surface area is 312 Å². The van der Waals surface area contributed by atoms with E-state index >= 15 is 0 Å². The molecule has 0 amide bonds. The van der Waals surface area contributed by atoms with Crippen LogP contribution in [0.1, 0.15) is 72.0 Å². The lowest BCUT2D eigenvalue weighted by Gasteiger charge is -2.43. The standard InChI is InChI=1S/C36H41Br2NO12/c1-17-9-7-8-10-23-24(12-11-17)25(23)15-46-32-26(37)13-27-30(31(32)38)28(14-39(27)18(2)40)50-36-35(49-22(6)44)34(48-21(5)43)33(47-20(4)42)29(51-36)16-45-19(3)41/h7,9,13-14,17,23,29,33-36H,8,10-12,15-16H2,1-6H3/b9-7-/t17?,23-,29-,33-,34+,35-,36-/m1/s1. The van der Waals surface area contributed by atoms with Crippen LogP contribution in [0.5, 0.6) is 11.5 Å².